The molecule has 8 heteroatoms. The SMILES string of the molecule is Cc1csc2nc(CN3C(=O)CCC3CCNCCOc3ccc(F)cc3)cn12. The van der Waals surface area contributed by atoms with Crippen LogP contribution in [-0.4, -0.2) is 45.9 Å². The van der Waals surface area contributed by atoms with Gasteiger partial charge in [-0.15, -0.1) is 11.3 Å². The molecule has 1 aliphatic rings. The smallest absolute Gasteiger partial charge is 0.223 e. The third-order valence-electron chi connectivity index (χ3n) is 5.24. The summed E-state index contributed by atoms with van der Waals surface area (Å²) in [5.74, 6) is 0.607. The van der Waals surface area contributed by atoms with Crippen LogP contribution < -0.4 is 10.1 Å². The first kappa shape index (κ1) is 19.8. The highest BCUT2D eigenvalue weighted by Crippen LogP contribution is 2.24. The average molecular weight is 417 g/mol. The summed E-state index contributed by atoms with van der Waals surface area (Å²) in [7, 11) is 0. The number of nitrogens with one attached hydrogen (secondary N) is 1. The number of fused-ring (bicyclic) bond motifs is 1. The Labute approximate surface area is 173 Å². The topological polar surface area (TPSA) is 58.9 Å². The van der Waals surface area contributed by atoms with Gasteiger partial charge in [0, 0.05) is 36.3 Å². The second-order valence-corrected chi connectivity index (χ2v) is 8.15. The zero-order valence-electron chi connectivity index (χ0n) is 16.4. The van der Waals surface area contributed by atoms with Crippen LogP contribution >= 0.6 is 11.3 Å². The molecule has 0 bridgehead atoms. The highest BCUT2D eigenvalue weighted by molar-refractivity contribution is 7.15. The molecule has 1 saturated heterocycles. The number of hydrogen-bond acceptors (Lipinski definition) is 5. The maximum absolute atomic E-state index is 12.9. The van der Waals surface area contributed by atoms with Gasteiger partial charge < -0.3 is 15.0 Å². The second-order valence-electron chi connectivity index (χ2n) is 7.32. The quantitative estimate of drug-likeness (QED) is 0.543. The number of aryl methyl sites for hydroxylation is 1. The summed E-state index contributed by atoms with van der Waals surface area (Å²) >= 11 is 1.62. The van der Waals surface area contributed by atoms with E-state index in [1.807, 2.05) is 11.1 Å². The molecule has 4 rings (SSSR count). The van der Waals surface area contributed by atoms with E-state index in [9.17, 15) is 9.18 Å². The van der Waals surface area contributed by atoms with Crippen LogP contribution in [0.1, 0.15) is 30.7 Å². The molecule has 1 fully saturated rings. The molecular formula is C21H25FN4O2S. The Morgan fingerprint density at radius 2 is 2.14 bits per heavy atom. The lowest BCUT2D eigenvalue weighted by Gasteiger charge is -2.24. The lowest BCUT2D eigenvalue weighted by molar-refractivity contribution is -0.129. The zero-order chi connectivity index (χ0) is 20.2. The minimum absolute atomic E-state index is 0.211. The van der Waals surface area contributed by atoms with Gasteiger partial charge >= 0.3 is 0 Å². The summed E-state index contributed by atoms with van der Waals surface area (Å²) < 4.78 is 20.5. The van der Waals surface area contributed by atoms with Crippen molar-refractivity contribution in [2.24, 2.45) is 0 Å². The molecule has 1 aromatic carbocycles. The van der Waals surface area contributed by atoms with Crippen LogP contribution in [0.2, 0.25) is 0 Å². The largest absolute Gasteiger partial charge is 0.492 e. The molecule has 0 saturated carbocycles. The predicted molar refractivity (Wildman–Crippen MR) is 111 cm³/mol. The first-order valence-electron chi connectivity index (χ1n) is 9.91. The zero-order valence-corrected chi connectivity index (χ0v) is 17.3. The molecule has 1 amide bonds. The number of hydrogen-bond donors (Lipinski definition) is 1. The van der Waals surface area contributed by atoms with Gasteiger partial charge in [-0.1, -0.05) is 0 Å². The first-order valence-corrected chi connectivity index (χ1v) is 10.8. The molecule has 0 spiro atoms. The number of halogens is 1. The number of likely N-dealkylation sites (tertiary alicyclic amines) is 1. The third-order valence-corrected chi connectivity index (χ3v) is 6.20. The predicted octanol–water partition coefficient (Wildman–Crippen LogP) is 3.39. The van der Waals surface area contributed by atoms with Crippen molar-refractivity contribution in [2.45, 2.75) is 38.8 Å². The molecule has 1 aliphatic heterocycles. The molecule has 1 N–H and O–H groups in total. The number of carbonyl (C=O) groups is 1. The van der Waals surface area contributed by atoms with Gasteiger partial charge in [-0.2, -0.15) is 0 Å². The standard InChI is InChI=1S/C21H25FN4O2S/c1-15-14-29-21-24-17(12-25(15)21)13-26-18(4-7-20(26)27)8-9-23-10-11-28-19-5-2-16(22)3-6-19/h2-3,5-6,12,14,18,23H,4,7-11,13H2,1H3. The van der Waals surface area contributed by atoms with Crippen molar-refractivity contribution >= 4 is 22.2 Å². The van der Waals surface area contributed by atoms with Gasteiger partial charge in [0.25, 0.3) is 0 Å². The first-order chi connectivity index (χ1) is 14.1. The van der Waals surface area contributed by atoms with Crippen LogP contribution in [0.15, 0.2) is 35.8 Å². The number of carbonyl (C=O) groups excluding carboxylic acids is 1. The molecule has 3 heterocycles. The molecule has 29 heavy (non-hydrogen) atoms. The summed E-state index contributed by atoms with van der Waals surface area (Å²) in [4.78, 5) is 20.0. The van der Waals surface area contributed by atoms with E-state index in [-0.39, 0.29) is 17.8 Å². The van der Waals surface area contributed by atoms with Gasteiger partial charge in [-0.3, -0.25) is 9.20 Å². The van der Waals surface area contributed by atoms with Crippen LogP contribution in [0.3, 0.4) is 0 Å². The van der Waals surface area contributed by atoms with Gasteiger partial charge in [-0.25, -0.2) is 9.37 Å². The van der Waals surface area contributed by atoms with Crippen molar-refractivity contribution in [3.8, 4) is 5.75 Å². The molecule has 2 aromatic heterocycles. The normalized spacial score (nSPS) is 16.8. The minimum atomic E-state index is -0.267. The second kappa shape index (κ2) is 8.92. The Kier molecular flexibility index (Phi) is 6.10. The maximum Gasteiger partial charge on any atom is 0.223 e. The van der Waals surface area contributed by atoms with Crippen LogP contribution in [-0.2, 0) is 11.3 Å². The summed E-state index contributed by atoms with van der Waals surface area (Å²) in [5.41, 5.74) is 2.11. The van der Waals surface area contributed by atoms with Crippen LogP contribution in [0.5, 0.6) is 5.75 Å². The van der Waals surface area contributed by atoms with E-state index >= 15 is 0 Å². The average Bonchev–Trinajstić information content (AvgIpc) is 3.38. The maximum atomic E-state index is 12.9. The van der Waals surface area contributed by atoms with Gasteiger partial charge in [0.15, 0.2) is 4.96 Å². The molecule has 1 atom stereocenters. The number of imidazole rings is 1. The molecule has 0 radical (unpaired) electrons. The van der Waals surface area contributed by atoms with Crippen molar-refractivity contribution < 1.29 is 13.9 Å². The third kappa shape index (κ3) is 4.76. The number of nitrogens with zero attached hydrogens (tertiary/aromatic N) is 3. The molecule has 6 nitrogen and oxygen atoms in total. The van der Waals surface area contributed by atoms with Crippen molar-refractivity contribution in [1.29, 1.82) is 0 Å². The van der Waals surface area contributed by atoms with E-state index in [1.54, 1.807) is 23.5 Å². The number of amides is 1. The highest BCUT2D eigenvalue weighted by Gasteiger charge is 2.31. The molecule has 154 valence electrons. The van der Waals surface area contributed by atoms with Crippen molar-refractivity contribution in [3.63, 3.8) is 0 Å². The van der Waals surface area contributed by atoms with Crippen molar-refractivity contribution in [1.82, 2.24) is 19.6 Å². The highest BCUT2D eigenvalue weighted by atomic mass is 32.1. The van der Waals surface area contributed by atoms with Crippen LogP contribution in [0.25, 0.3) is 4.96 Å². The van der Waals surface area contributed by atoms with E-state index in [0.29, 0.717) is 31.9 Å². The Bertz CT molecular complexity index is 969. The number of aromatic nitrogens is 2. The van der Waals surface area contributed by atoms with Gasteiger partial charge in [0.2, 0.25) is 5.91 Å². The number of thiazole rings is 1. The summed E-state index contributed by atoms with van der Waals surface area (Å²) in [6.07, 6.45) is 4.45. The van der Waals surface area contributed by atoms with Crippen molar-refractivity contribution in [3.05, 3.63) is 53.0 Å². The number of ether oxygens (including phenoxy) is 1. The van der Waals surface area contributed by atoms with Crippen LogP contribution in [0, 0.1) is 12.7 Å². The van der Waals surface area contributed by atoms with Gasteiger partial charge in [0.1, 0.15) is 18.2 Å². The lowest BCUT2D eigenvalue weighted by Crippen LogP contribution is -2.35. The van der Waals surface area contributed by atoms with Gasteiger partial charge in [0.05, 0.1) is 12.2 Å². The van der Waals surface area contributed by atoms with Crippen molar-refractivity contribution in [2.75, 3.05) is 19.7 Å². The number of rotatable bonds is 9. The molecule has 1 unspecified atom stereocenters. The number of benzene rings is 1. The van der Waals surface area contributed by atoms with Crippen LogP contribution in [0.4, 0.5) is 4.39 Å². The monoisotopic (exact) mass is 416 g/mol. The fourth-order valence-corrected chi connectivity index (χ4v) is 4.54. The summed E-state index contributed by atoms with van der Waals surface area (Å²) in [5, 5.41) is 5.45. The Morgan fingerprint density at radius 1 is 1.31 bits per heavy atom. The Morgan fingerprint density at radius 3 is 2.93 bits per heavy atom. The van der Waals surface area contributed by atoms with Gasteiger partial charge in [-0.05, 0) is 50.6 Å². The lowest BCUT2D eigenvalue weighted by atomic mass is 10.1. The Balaban J connectivity index is 1.21. The minimum Gasteiger partial charge on any atom is -0.492 e. The Hall–Kier alpha value is -2.45. The summed E-state index contributed by atoms with van der Waals surface area (Å²) in [6, 6.07) is 6.27. The van der Waals surface area contributed by atoms with E-state index in [0.717, 1.165) is 30.0 Å². The molecular weight excluding hydrogens is 391 g/mol. The molecule has 3 aromatic rings. The van der Waals surface area contributed by atoms with E-state index < -0.39 is 0 Å². The molecule has 0 aliphatic carbocycles. The van der Waals surface area contributed by atoms with E-state index in [1.165, 1.54) is 17.8 Å². The fourth-order valence-electron chi connectivity index (χ4n) is 3.67. The fraction of sp³-hybridized carbons (Fsp3) is 0.429. The van der Waals surface area contributed by atoms with E-state index in [2.05, 4.69) is 27.0 Å². The van der Waals surface area contributed by atoms with E-state index in [4.69, 9.17) is 4.74 Å². The summed E-state index contributed by atoms with van der Waals surface area (Å²) in [6.45, 7) is 4.67.